The number of piperidine rings is 1. The summed E-state index contributed by atoms with van der Waals surface area (Å²) in [6.07, 6.45) is -4.71. The van der Waals surface area contributed by atoms with Gasteiger partial charge in [-0.2, -0.15) is 13.2 Å². The Morgan fingerprint density at radius 2 is 2.05 bits per heavy atom. The van der Waals surface area contributed by atoms with E-state index >= 15 is 0 Å². The number of thiophene rings is 1. The third-order valence-corrected chi connectivity index (χ3v) is 5.93. The van der Waals surface area contributed by atoms with E-state index < -0.39 is 24.6 Å². The monoisotopic (exact) mass is 333 g/mol. The molecule has 1 aliphatic carbocycles. The number of alkyl halides is 3. The second kappa shape index (κ2) is 5.23. The number of rotatable bonds is 2. The molecule has 3 nitrogen and oxygen atoms in total. The fourth-order valence-electron chi connectivity index (χ4n) is 3.14. The fraction of sp³-hybridized carbons (Fsp3) is 0.667. The first kappa shape index (κ1) is 15.8. The summed E-state index contributed by atoms with van der Waals surface area (Å²) in [7, 11) is 0. The third-order valence-electron chi connectivity index (χ3n) is 4.78. The molecule has 2 unspecified atom stereocenters. The van der Waals surface area contributed by atoms with E-state index in [9.17, 15) is 23.1 Å². The maximum absolute atomic E-state index is 12.8. The summed E-state index contributed by atoms with van der Waals surface area (Å²) in [6, 6.07) is 2.02. The van der Waals surface area contributed by atoms with Crippen molar-refractivity contribution in [2.24, 2.45) is 5.92 Å². The molecule has 1 aromatic heterocycles. The van der Waals surface area contributed by atoms with Gasteiger partial charge in [0, 0.05) is 42.6 Å². The number of amides is 1. The zero-order valence-electron chi connectivity index (χ0n) is 12.2. The molecule has 1 aliphatic heterocycles. The van der Waals surface area contributed by atoms with Gasteiger partial charge in [-0.15, -0.1) is 11.3 Å². The summed E-state index contributed by atoms with van der Waals surface area (Å²) in [4.78, 5) is 15.1. The summed E-state index contributed by atoms with van der Waals surface area (Å²) >= 11 is 1.63. The summed E-state index contributed by atoms with van der Waals surface area (Å²) in [5, 5.41) is 11.6. The standard InChI is InChI=1S/C15H18F3NO2S/c1-9-2-7-22-12(9)10-8-11(10)13(20)19-5-3-14(21,4-6-19)15(16,17)18/h2,7,10-11,21H,3-6,8H2,1H3. The molecule has 0 spiro atoms. The Labute approximate surface area is 130 Å². The van der Waals surface area contributed by atoms with Crippen molar-refractivity contribution in [1.82, 2.24) is 4.90 Å². The Hall–Kier alpha value is -1.08. The molecule has 7 heteroatoms. The van der Waals surface area contributed by atoms with Crippen LogP contribution in [-0.4, -0.2) is 40.8 Å². The molecule has 2 fully saturated rings. The van der Waals surface area contributed by atoms with Gasteiger partial charge in [0.05, 0.1) is 0 Å². The van der Waals surface area contributed by atoms with Gasteiger partial charge in [-0.3, -0.25) is 4.79 Å². The van der Waals surface area contributed by atoms with Gasteiger partial charge in [-0.25, -0.2) is 0 Å². The van der Waals surface area contributed by atoms with Crippen LogP contribution in [0.2, 0.25) is 0 Å². The molecule has 0 aromatic carbocycles. The van der Waals surface area contributed by atoms with Gasteiger partial charge < -0.3 is 10.0 Å². The Morgan fingerprint density at radius 1 is 1.41 bits per heavy atom. The normalized spacial score (nSPS) is 27.8. The molecular formula is C15H18F3NO2S. The smallest absolute Gasteiger partial charge is 0.380 e. The lowest BCUT2D eigenvalue weighted by atomic mass is 9.90. The average Bonchev–Trinajstić information content (AvgIpc) is 3.12. The summed E-state index contributed by atoms with van der Waals surface area (Å²) in [6.45, 7) is 1.96. The Morgan fingerprint density at radius 3 is 2.55 bits per heavy atom. The minimum absolute atomic E-state index is 0.0263. The number of aliphatic hydroxyl groups is 1. The molecule has 122 valence electrons. The van der Waals surface area contributed by atoms with Crippen molar-refractivity contribution in [3.8, 4) is 0 Å². The second-order valence-corrected chi connectivity index (χ2v) is 7.22. The van der Waals surface area contributed by atoms with Gasteiger partial charge in [0.25, 0.3) is 0 Å². The summed E-state index contributed by atoms with van der Waals surface area (Å²) < 4.78 is 38.3. The number of carbonyl (C=O) groups is 1. The molecule has 2 aliphatic rings. The van der Waals surface area contributed by atoms with Crippen molar-refractivity contribution < 1.29 is 23.1 Å². The van der Waals surface area contributed by atoms with Crippen LogP contribution < -0.4 is 0 Å². The van der Waals surface area contributed by atoms with Gasteiger partial charge in [-0.05, 0) is 30.4 Å². The Balaban J connectivity index is 1.59. The van der Waals surface area contributed by atoms with Gasteiger partial charge in [0.1, 0.15) is 0 Å². The predicted octanol–water partition coefficient (Wildman–Crippen LogP) is 3.08. The number of aryl methyl sites for hydroxylation is 1. The number of hydrogen-bond acceptors (Lipinski definition) is 3. The van der Waals surface area contributed by atoms with Crippen molar-refractivity contribution in [1.29, 1.82) is 0 Å². The highest BCUT2D eigenvalue weighted by Crippen LogP contribution is 2.51. The van der Waals surface area contributed by atoms with Gasteiger partial charge >= 0.3 is 6.18 Å². The first-order chi connectivity index (χ1) is 10.2. The lowest BCUT2D eigenvalue weighted by Crippen LogP contribution is -2.54. The van der Waals surface area contributed by atoms with Crippen LogP contribution in [0.1, 0.15) is 35.6 Å². The van der Waals surface area contributed by atoms with E-state index in [4.69, 9.17) is 0 Å². The number of nitrogens with zero attached hydrogens (tertiary/aromatic N) is 1. The largest absolute Gasteiger partial charge is 0.417 e. The molecule has 3 rings (SSSR count). The van der Waals surface area contributed by atoms with Crippen LogP contribution in [-0.2, 0) is 4.79 Å². The van der Waals surface area contributed by atoms with E-state index in [2.05, 4.69) is 0 Å². The van der Waals surface area contributed by atoms with Crippen LogP contribution in [0.15, 0.2) is 11.4 Å². The minimum Gasteiger partial charge on any atom is -0.380 e. The minimum atomic E-state index is -4.63. The van der Waals surface area contributed by atoms with Crippen LogP contribution in [0, 0.1) is 12.8 Å². The highest BCUT2D eigenvalue weighted by molar-refractivity contribution is 7.10. The molecular weight excluding hydrogens is 315 g/mol. The van der Waals surface area contributed by atoms with E-state index in [1.807, 2.05) is 18.4 Å². The molecule has 1 saturated carbocycles. The first-order valence-electron chi connectivity index (χ1n) is 7.35. The van der Waals surface area contributed by atoms with Gasteiger partial charge in [-0.1, -0.05) is 0 Å². The molecule has 1 amide bonds. The highest BCUT2D eigenvalue weighted by Gasteiger charge is 2.56. The van der Waals surface area contributed by atoms with E-state index in [1.54, 1.807) is 11.3 Å². The zero-order chi connectivity index (χ0) is 16.1. The lowest BCUT2D eigenvalue weighted by molar-refractivity contribution is -0.272. The zero-order valence-corrected chi connectivity index (χ0v) is 13.0. The predicted molar refractivity (Wildman–Crippen MR) is 76.7 cm³/mol. The van der Waals surface area contributed by atoms with Crippen molar-refractivity contribution >= 4 is 17.2 Å². The highest BCUT2D eigenvalue weighted by atomic mass is 32.1. The average molecular weight is 333 g/mol. The van der Waals surface area contributed by atoms with Crippen molar-refractivity contribution in [2.45, 2.75) is 43.9 Å². The molecule has 22 heavy (non-hydrogen) atoms. The van der Waals surface area contributed by atoms with Crippen LogP contribution in [0.4, 0.5) is 13.2 Å². The quantitative estimate of drug-likeness (QED) is 0.904. The van der Waals surface area contributed by atoms with E-state index in [0.29, 0.717) is 0 Å². The fourth-order valence-corrected chi connectivity index (χ4v) is 4.24. The third kappa shape index (κ3) is 2.65. The number of likely N-dealkylation sites (tertiary alicyclic amines) is 1. The SMILES string of the molecule is Cc1ccsc1C1CC1C(=O)N1CCC(O)(C(F)(F)F)CC1. The summed E-state index contributed by atoms with van der Waals surface area (Å²) in [5.74, 6) is 0.0485. The Bertz CT molecular complexity index is 576. The molecule has 1 saturated heterocycles. The van der Waals surface area contributed by atoms with Crippen molar-refractivity contribution in [3.05, 3.63) is 21.9 Å². The maximum Gasteiger partial charge on any atom is 0.417 e. The van der Waals surface area contributed by atoms with Crippen LogP contribution in [0.25, 0.3) is 0 Å². The van der Waals surface area contributed by atoms with E-state index in [-0.39, 0.29) is 30.8 Å². The number of hydrogen-bond donors (Lipinski definition) is 1. The van der Waals surface area contributed by atoms with Gasteiger partial charge in [0.15, 0.2) is 5.60 Å². The van der Waals surface area contributed by atoms with Crippen LogP contribution in [0.5, 0.6) is 0 Å². The molecule has 0 bridgehead atoms. The van der Waals surface area contributed by atoms with Crippen molar-refractivity contribution in [3.63, 3.8) is 0 Å². The number of halogens is 3. The van der Waals surface area contributed by atoms with Crippen LogP contribution in [0.3, 0.4) is 0 Å². The maximum atomic E-state index is 12.8. The van der Waals surface area contributed by atoms with E-state index in [0.717, 1.165) is 6.42 Å². The van der Waals surface area contributed by atoms with Crippen LogP contribution >= 0.6 is 11.3 Å². The molecule has 1 N–H and O–H groups in total. The molecule has 2 heterocycles. The summed E-state index contributed by atoms with van der Waals surface area (Å²) in [5.41, 5.74) is -1.47. The molecule has 2 atom stereocenters. The van der Waals surface area contributed by atoms with E-state index in [1.165, 1.54) is 15.3 Å². The van der Waals surface area contributed by atoms with Gasteiger partial charge in [0.2, 0.25) is 5.91 Å². The second-order valence-electron chi connectivity index (χ2n) is 6.27. The number of carbonyl (C=O) groups excluding carboxylic acids is 1. The first-order valence-corrected chi connectivity index (χ1v) is 8.23. The molecule has 1 aromatic rings. The molecule has 0 radical (unpaired) electrons. The lowest BCUT2D eigenvalue weighted by Gasteiger charge is -2.39. The van der Waals surface area contributed by atoms with Crippen molar-refractivity contribution in [2.75, 3.05) is 13.1 Å². The Kier molecular flexibility index (Phi) is 3.76. The topological polar surface area (TPSA) is 40.5 Å².